The van der Waals surface area contributed by atoms with Crippen LogP contribution < -0.4 is 5.32 Å². The minimum absolute atomic E-state index is 0.00882. The van der Waals surface area contributed by atoms with Crippen molar-refractivity contribution >= 4 is 27.6 Å². The average Bonchev–Trinajstić information content (AvgIpc) is 3.66. The summed E-state index contributed by atoms with van der Waals surface area (Å²) < 4.78 is 73.7. The molecule has 2 fully saturated rings. The maximum atomic E-state index is 13.9. The second kappa shape index (κ2) is 10.5. The molecule has 15 heteroatoms. The number of piperidine rings is 1. The third kappa shape index (κ3) is 5.86. The van der Waals surface area contributed by atoms with Crippen LogP contribution in [0.15, 0.2) is 48.9 Å². The lowest BCUT2D eigenvalue weighted by Crippen LogP contribution is -2.42. The van der Waals surface area contributed by atoms with Gasteiger partial charge < -0.3 is 19.5 Å². The van der Waals surface area contributed by atoms with Crippen LogP contribution in [0.4, 0.5) is 19.1 Å². The van der Waals surface area contributed by atoms with Gasteiger partial charge in [0.15, 0.2) is 0 Å². The Labute approximate surface area is 239 Å². The maximum absolute atomic E-state index is 13.9. The van der Waals surface area contributed by atoms with E-state index < -0.39 is 21.8 Å². The molecule has 2 bridgehead atoms. The van der Waals surface area contributed by atoms with E-state index in [0.717, 1.165) is 30.2 Å². The van der Waals surface area contributed by atoms with Gasteiger partial charge in [-0.15, -0.1) is 0 Å². The minimum Gasteiger partial charge on any atom is -0.494 e. The van der Waals surface area contributed by atoms with Gasteiger partial charge in [0.05, 0.1) is 23.0 Å². The summed E-state index contributed by atoms with van der Waals surface area (Å²) in [5.41, 5.74) is 0.192. The average molecular weight is 610 g/mol. The van der Waals surface area contributed by atoms with E-state index in [1.54, 1.807) is 4.57 Å². The Morgan fingerprint density at radius 3 is 2.61 bits per heavy atom. The fourth-order valence-electron chi connectivity index (χ4n) is 5.34. The summed E-state index contributed by atoms with van der Waals surface area (Å²) in [6.07, 6.45) is 3.90. The van der Waals surface area contributed by atoms with Crippen molar-refractivity contribution in [3.8, 4) is 17.1 Å². The van der Waals surface area contributed by atoms with E-state index >= 15 is 0 Å². The number of anilines is 1. The number of alkyl halides is 3. The van der Waals surface area contributed by atoms with Gasteiger partial charge in [0.2, 0.25) is 16.0 Å². The predicted molar refractivity (Wildman–Crippen MR) is 146 cm³/mol. The molecular weight excluding hydrogens is 583 g/mol. The van der Waals surface area contributed by atoms with Crippen LogP contribution in [0.5, 0.6) is 0 Å². The van der Waals surface area contributed by atoms with E-state index in [-0.39, 0.29) is 23.4 Å². The molecule has 0 amide bonds. The van der Waals surface area contributed by atoms with Gasteiger partial charge in [-0.25, -0.2) is 27.7 Å². The normalized spacial score (nSPS) is 19.9. The first-order chi connectivity index (χ1) is 19.4. The molecule has 41 heavy (non-hydrogen) atoms. The summed E-state index contributed by atoms with van der Waals surface area (Å²) in [6.45, 7) is 1.96. The number of hydrogen-bond donors (Lipinski definition) is 1. The Morgan fingerprint density at radius 2 is 1.98 bits per heavy atom. The number of aromatic nitrogens is 4. The molecule has 2 saturated heterocycles. The van der Waals surface area contributed by atoms with Gasteiger partial charge >= 0.3 is 6.18 Å². The van der Waals surface area contributed by atoms with E-state index in [4.69, 9.17) is 16.3 Å². The Balaban J connectivity index is 1.22. The molecule has 0 aliphatic carbocycles. The van der Waals surface area contributed by atoms with E-state index in [0.29, 0.717) is 55.8 Å². The monoisotopic (exact) mass is 609 g/mol. The molecule has 10 nitrogen and oxygen atoms in total. The number of fused-ring (bicyclic) bond motifs is 2. The lowest BCUT2D eigenvalue weighted by Gasteiger charge is -2.30. The van der Waals surface area contributed by atoms with Gasteiger partial charge in [-0.1, -0.05) is 17.7 Å². The summed E-state index contributed by atoms with van der Waals surface area (Å²) in [5.74, 6) is 1.00. The number of sulfonamides is 1. The summed E-state index contributed by atoms with van der Waals surface area (Å²) in [6, 6.07) is 5.71. The van der Waals surface area contributed by atoms with Crippen LogP contribution in [0, 0.1) is 0 Å². The first kappa shape index (κ1) is 27.8. The molecule has 0 saturated carbocycles. The second-order valence-corrected chi connectivity index (χ2v) is 12.8. The molecule has 1 N–H and O–H groups in total. The van der Waals surface area contributed by atoms with Crippen molar-refractivity contribution in [1.29, 1.82) is 0 Å². The smallest absolute Gasteiger partial charge is 0.420 e. The standard InChI is InChI=1S/C26H27ClF3N7O3S/c1-41(38,39)37-6-4-17(5-7-37)33-25-31-10-20(26(28,29)30)24(34-25)22-13-36(15-32-22)23-3-2-16(8-21(23)27)11-35-12-19-9-18(35)14-40-19/h2-3,8,10,12-13,15,17-18H,4-7,9,11,14H2,1H3,(H,31,33,34). The van der Waals surface area contributed by atoms with Crippen LogP contribution in [-0.2, 0) is 27.5 Å². The van der Waals surface area contributed by atoms with E-state index in [2.05, 4.69) is 25.2 Å². The Kier molecular flexibility index (Phi) is 7.10. The first-order valence-electron chi connectivity index (χ1n) is 13.0. The van der Waals surface area contributed by atoms with Crippen molar-refractivity contribution in [3.63, 3.8) is 0 Å². The van der Waals surface area contributed by atoms with Gasteiger partial charge in [0, 0.05) is 50.7 Å². The Bertz CT molecular complexity index is 1600. The van der Waals surface area contributed by atoms with Gasteiger partial charge in [-0.2, -0.15) is 13.2 Å². The number of nitrogens with one attached hydrogen (secondary N) is 1. The van der Waals surface area contributed by atoms with Crippen molar-refractivity contribution in [2.24, 2.45) is 0 Å². The lowest BCUT2D eigenvalue weighted by molar-refractivity contribution is -0.137. The van der Waals surface area contributed by atoms with Gasteiger partial charge in [-0.05, 0) is 30.5 Å². The highest BCUT2D eigenvalue weighted by Gasteiger charge is 2.37. The number of ether oxygens (including phenoxy) is 1. The van der Waals surface area contributed by atoms with Crippen LogP contribution >= 0.6 is 11.6 Å². The molecular formula is C26H27ClF3N7O3S. The molecule has 0 spiro atoms. The molecule has 2 aromatic heterocycles. The van der Waals surface area contributed by atoms with Gasteiger partial charge in [0.1, 0.15) is 35.6 Å². The molecule has 6 rings (SSSR count). The zero-order valence-corrected chi connectivity index (χ0v) is 23.5. The topological polar surface area (TPSA) is 105 Å². The number of imidazole rings is 1. The van der Waals surface area contributed by atoms with Crippen LogP contribution in [0.25, 0.3) is 17.1 Å². The Morgan fingerprint density at radius 1 is 1.20 bits per heavy atom. The molecule has 1 unspecified atom stereocenters. The van der Waals surface area contributed by atoms with E-state index in [1.807, 2.05) is 24.4 Å². The van der Waals surface area contributed by atoms with Crippen LogP contribution in [0.2, 0.25) is 5.02 Å². The lowest BCUT2D eigenvalue weighted by atomic mass is 10.1. The van der Waals surface area contributed by atoms with Crippen LogP contribution in [0.1, 0.15) is 30.4 Å². The fourth-order valence-corrected chi connectivity index (χ4v) is 6.51. The van der Waals surface area contributed by atoms with Crippen molar-refractivity contribution in [1.82, 2.24) is 28.7 Å². The quantitative estimate of drug-likeness (QED) is 0.423. The molecule has 0 radical (unpaired) electrons. The second-order valence-electron chi connectivity index (χ2n) is 10.4. The molecule has 218 valence electrons. The number of rotatable bonds is 7. The highest BCUT2D eigenvalue weighted by molar-refractivity contribution is 7.88. The number of hydrogen-bond acceptors (Lipinski definition) is 8. The van der Waals surface area contributed by atoms with Crippen molar-refractivity contribution in [2.45, 2.75) is 44.1 Å². The van der Waals surface area contributed by atoms with Gasteiger partial charge in [0.25, 0.3) is 0 Å². The van der Waals surface area contributed by atoms with Crippen LogP contribution in [-0.4, -0.2) is 75.2 Å². The SMILES string of the molecule is CS(=O)(=O)N1CCC(Nc2ncc(C(F)(F)F)c(-c3cn(-c4ccc(CN5C=C6CC5CO6)cc4Cl)cn3)n2)CC1. The Hall–Kier alpha value is -3.36. The third-order valence-corrected chi connectivity index (χ3v) is 9.11. The van der Waals surface area contributed by atoms with Crippen molar-refractivity contribution in [3.05, 3.63) is 65.0 Å². The summed E-state index contributed by atoms with van der Waals surface area (Å²) in [7, 11) is -3.30. The first-order valence-corrected chi connectivity index (χ1v) is 15.2. The van der Waals surface area contributed by atoms with Crippen molar-refractivity contribution in [2.75, 3.05) is 31.3 Å². The minimum atomic E-state index is -4.70. The largest absolute Gasteiger partial charge is 0.494 e. The summed E-state index contributed by atoms with van der Waals surface area (Å²) in [4.78, 5) is 14.5. The zero-order valence-electron chi connectivity index (χ0n) is 22.0. The van der Waals surface area contributed by atoms with Crippen LogP contribution in [0.3, 0.4) is 0 Å². The highest BCUT2D eigenvalue weighted by Crippen LogP contribution is 2.37. The number of halogens is 4. The predicted octanol–water partition coefficient (Wildman–Crippen LogP) is 4.28. The summed E-state index contributed by atoms with van der Waals surface area (Å²) in [5, 5.41) is 3.48. The maximum Gasteiger partial charge on any atom is 0.420 e. The fraction of sp³-hybridized carbons (Fsp3) is 0.423. The highest BCUT2D eigenvalue weighted by atomic mass is 35.5. The zero-order chi connectivity index (χ0) is 28.9. The molecule has 1 atom stereocenters. The summed E-state index contributed by atoms with van der Waals surface area (Å²) >= 11 is 6.60. The molecule has 3 aliphatic heterocycles. The third-order valence-electron chi connectivity index (χ3n) is 7.51. The molecule has 3 aromatic rings. The molecule has 5 heterocycles. The van der Waals surface area contributed by atoms with Crippen molar-refractivity contribution < 1.29 is 26.3 Å². The van der Waals surface area contributed by atoms with E-state index in [9.17, 15) is 21.6 Å². The number of benzene rings is 1. The molecule has 3 aliphatic rings. The van der Waals surface area contributed by atoms with Gasteiger partial charge in [-0.3, -0.25) is 0 Å². The number of nitrogens with zero attached hydrogens (tertiary/aromatic N) is 6. The molecule has 1 aromatic carbocycles. The van der Waals surface area contributed by atoms with E-state index in [1.165, 1.54) is 16.8 Å².